The Kier molecular flexibility index (Phi) is 6.10. The Morgan fingerprint density at radius 3 is 2.24 bits per heavy atom. The predicted molar refractivity (Wildman–Crippen MR) is 131 cm³/mol. The highest BCUT2D eigenvalue weighted by molar-refractivity contribution is 7.86. The van der Waals surface area contributed by atoms with Gasteiger partial charge in [0.2, 0.25) is 0 Å². The first-order valence-corrected chi connectivity index (χ1v) is 11.6. The lowest BCUT2D eigenvalue weighted by molar-refractivity contribution is 0.472. The molecule has 0 atom stereocenters. The highest BCUT2D eigenvalue weighted by Gasteiger charge is 2.24. The largest absolute Gasteiger partial charge is 0.505 e. The molecule has 0 aliphatic carbocycles. The van der Waals surface area contributed by atoms with E-state index in [0.717, 1.165) is 17.2 Å². The number of fused-ring (bicyclic) bond motifs is 1. The van der Waals surface area contributed by atoms with E-state index in [-0.39, 0.29) is 22.1 Å². The Labute approximate surface area is 196 Å². The van der Waals surface area contributed by atoms with E-state index in [1.807, 2.05) is 44.2 Å². The van der Waals surface area contributed by atoms with Gasteiger partial charge in [-0.25, -0.2) is 0 Å². The monoisotopic (exact) mass is 475 g/mol. The van der Waals surface area contributed by atoms with Crippen molar-refractivity contribution in [3.63, 3.8) is 0 Å². The zero-order valence-electron chi connectivity index (χ0n) is 18.3. The Hall–Kier alpha value is -4.15. The van der Waals surface area contributed by atoms with E-state index in [0.29, 0.717) is 11.4 Å². The summed E-state index contributed by atoms with van der Waals surface area (Å²) in [5.74, 6) is -0.491. The number of nitrogens with two attached hydrogens (primary N) is 1. The number of aryl methyl sites for hydroxylation is 2. The molecule has 4 N–H and O–H groups in total. The molecule has 0 unspecified atom stereocenters. The Morgan fingerprint density at radius 1 is 0.794 bits per heavy atom. The van der Waals surface area contributed by atoms with E-state index in [4.69, 9.17) is 5.73 Å². The van der Waals surface area contributed by atoms with Gasteiger partial charge in [0, 0.05) is 10.8 Å². The first kappa shape index (κ1) is 23.0. The zero-order chi connectivity index (χ0) is 24.5. The SMILES string of the molecule is Cc1cccc(N=Nc2c(N)ccc3c(O)c(N=Nc4ccccc4C)c(S(=O)(=O)O)cc23)c1. The molecule has 0 heterocycles. The number of rotatable bonds is 5. The predicted octanol–water partition coefficient (Wildman–Crippen LogP) is 6.82. The summed E-state index contributed by atoms with van der Waals surface area (Å²) in [6.07, 6.45) is 0. The van der Waals surface area contributed by atoms with Gasteiger partial charge in [-0.3, -0.25) is 4.55 Å². The molecule has 0 aliphatic rings. The van der Waals surface area contributed by atoms with Crippen LogP contribution >= 0.6 is 0 Å². The number of phenolic OH excluding ortho intramolecular Hbond substituents is 1. The molecule has 0 aliphatic heterocycles. The van der Waals surface area contributed by atoms with Crippen LogP contribution in [-0.2, 0) is 10.1 Å². The highest BCUT2D eigenvalue weighted by Crippen LogP contribution is 2.45. The maximum atomic E-state index is 12.2. The van der Waals surface area contributed by atoms with E-state index in [1.165, 1.54) is 12.1 Å². The molecule has 0 amide bonds. The molecule has 0 spiro atoms. The molecule has 0 fully saturated rings. The standard InChI is InChI=1S/C24H21N5O4S/c1-14-6-5-8-16(12-14)26-28-22-18-13-21(34(31,32)33)23(24(30)17(18)10-11-19(22)25)29-27-20-9-4-3-7-15(20)2/h3-13,30H,25H2,1-2H3,(H,31,32,33). The van der Waals surface area contributed by atoms with Crippen molar-refractivity contribution in [3.05, 3.63) is 77.9 Å². The molecule has 0 bridgehead atoms. The van der Waals surface area contributed by atoms with Crippen LogP contribution in [0.5, 0.6) is 5.75 Å². The maximum Gasteiger partial charge on any atom is 0.296 e. The fourth-order valence-electron chi connectivity index (χ4n) is 3.40. The topological polar surface area (TPSA) is 150 Å². The summed E-state index contributed by atoms with van der Waals surface area (Å²) >= 11 is 0. The average molecular weight is 476 g/mol. The number of azo groups is 2. The Bertz CT molecular complexity index is 1580. The fourth-order valence-corrected chi connectivity index (χ4v) is 4.05. The second-order valence-electron chi connectivity index (χ2n) is 7.67. The second-order valence-corrected chi connectivity index (χ2v) is 9.06. The quantitative estimate of drug-likeness (QED) is 0.164. The molecule has 9 nitrogen and oxygen atoms in total. The van der Waals surface area contributed by atoms with Crippen LogP contribution in [0.1, 0.15) is 11.1 Å². The van der Waals surface area contributed by atoms with Crippen molar-refractivity contribution in [3.8, 4) is 5.75 Å². The average Bonchev–Trinajstić information content (AvgIpc) is 2.78. The van der Waals surface area contributed by atoms with Crippen molar-refractivity contribution < 1.29 is 18.1 Å². The third-order valence-corrected chi connectivity index (χ3v) is 6.02. The van der Waals surface area contributed by atoms with Crippen molar-refractivity contribution >= 4 is 49.3 Å². The van der Waals surface area contributed by atoms with Crippen LogP contribution in [0, 0.1) is 13.8 Å². The molecular formula is C24H21N5O4S. The van der Waals surface area contributed by atoms with E-state index in [9.17, 15) is 18.1 Å². The van der Waals surface area contributed by atoms with Gasteiger partial charge in [0.25, 0.3) is 10.1 Å². The summed E-state index contributed by atoms with van der Waals surface area (Å²) in [5.41, 5.74) is 8.87. The molecule has 4 rings (SSSR count). The van der Waals surface area contributed by atoms with Crippen LogP contribution < -0.4 is 5.73 Å². The Balaban J connectivity index is 1.93. The third kappa shape index (κ3) is 4.63. The third-order valence-electron chi connectivity index (χ3n) is 5.15. The molecule has 10 heteroatoms. The molecule has 0 saturated carbocycles. The zero-order valence-corrected chi connectivity index (χ0v) is 19.2. The van der Waals surface area contributed by atoms with Crippen molar-refractivity contribution in [2.45, 2.75) is 18.7 Å². The number of phenols is 1. The van der Waals surface area contributed by atoms with Crippen LogP contribution in [0.25, 0.3) is 10.8 Å². The van der Waals surface area contributed by atoms with Gasteiger partial charge in [-0.05, 0) is 61.4 Å². The van der Waals surface area contributed by atoms with Gasteiger partial charge in [0.05, 0.1) is 17.1 Å². The molecule has 0 saturated heterocycles. The number of nitrogen functional groups attached to an aromatic ring is 1. The minimum atomic E-state index is -4.79. The smallest absolute Gasteiger partial charge is 0.296 e. The maximum absolute atomic E-state index is 12.2. The van der Waals surface area contributed by atoms with Gasteiger partial charge in [-0.15, -0.1) is 10.2 Å². The summed E-state index contributed by atoms with van der Waals surface area (Å²) in [5, 5.41) is 27.7. The number of aromatic hydroxyl groups is 1. The van der Waals surface area contributed by atoms with Crippen molar-refractivity contribution in [2.24, 2.45) is 20.5 Å². The Morgan fingerprint density at radius 2 is 1.53 bits per heavy atom. The minimum absolute atomic E-state index is 0.140. The van der Waals surface area contributed by atoms with Crippen LogP contribution in [0.4, 0.5) is 28.4 Å². The van der Waals surface area contributed by atoms with E-state index in [1.54, 1.807) is 18.2 Å². The lowest BCUT2D eigenvalue weighted by Gasteiger charge is -2.11. The van der Waals surface area contributed by atoms with Crippen LogP contribution in [0.2, 0.25) is 0 Å². The van der Waals surface area contributed by atoms with Crippen molar-refractivity contribution in [2.75, 3.05) is 5.73 Å². The normalized spacial score (nSPS) is 12.2. The molecule has 172 valence electrons. The number of nitrogens with zero attached hydrogens (tertiary/aromatic N) is 4. The lowest BCUT2D eigenvalue weighted by Crippen LogP contribution is -1.99. The van der Waals surface area contributed by atoms with Gasteiger partial charge in [0.1, 0.15) is 16.3 Å². The van der Waals surface area contributed by atoms with Crippen LogP contribution in [-0.4, -0.2) is 18.1 Å². The second kappa shape index (κ2) is 9.00. The van der Waals surface area contributed by atoms with Gasteiger partial charge in [-0.2, -0.15) is 18.6 Å². The summed E-state index contributed by atoms with van der Waals surface area (Å²) < 4.78 is 34.3. The molecule has 4 aromatic rings. The minimum Gasteiger partial charge on any atom is -0.505 e. The molecule has 34 heavy (non-hydrogen) atoms. The molecular weight excluding hydrogens is 454 g/mol. The summed E-state index contributed by atoms with van der Waals surface area (Å²) in [7, 11) is -4.79. The van der Waals surface area contributed by atoms with Crippen LogP contribution in [0.15, 0.2) is 92.1 Å². The molecule has 4 aromatic carbocycles. The number of anilines is 1. The van der Waals surface area contributed by atoms with Gasteiger partial charge >= 0.3 is 0 Å². The highest BCUT2D eigenvalue weighted by atomic mass is 32.2. The number of hydrogen-bond donors (Lipinski definition) is 3. The number of hydrogen-bond acceptors (Lipinski definition) is 8. The van der Waals surface area contributed by atoms with E-state index in [2.05, 4.69) is 20.5 Å². The molecule has 0 aromatic heterocycles. The van der Waals surface area contributed by atoms with E-state index >= 15 is 0 Å². The van der Waals surface area contributed by atoms with E-state index < -0.39 is 26.5 Å². The molecule has 0 radical (unpaired) electrons. The van der Waals surface area contributed by atoms with Gasteiger partial charge < -0.3 is 10.8 Å². The van der Waals surface area contributed by atoms with Crippen LogP contribution in [0.3, 0.4) is 0 Å². The summed E-state index contributed by atoms with van der Waals surface area (Å²) in [4.78, 5) is -0.632. The summed E-state index contributed by atoms with van der Waals surface area (Å²) in [6, 6.07) is 18.5. The lowest BCUT2D eigenvalue weighted by atomic mass is 10.1. The van der Waals surface area contributed by atoms with Gasteiger partial charge in [0.15, 0.2) is 5.75 Å². The number of benzene rings is 4. The fraction of sp³-hybridized carbons (Fsp3) is 0.0833. The van der Waals surface area contributed by atoms with Crippen molar-refractivity contribution in [1.82, 2.24) is 0 Å². The van der Waals surface area contributed by atoms with Gasteiger partial charge in [-0.1, -0.05) is 30.3 Å². The van der Waals surface area contributed by atoms with Crippen molar-refractivity contribution in [1.29, 1.82) is 0 Å². The summed E-state index contributed by atoms with van der Waals surface area (Å²) in [6.45, 7) is 3.72. The first-order chi connectivity index (χ1) is 16.1. The first-order valence-electron chi connectivity index (χ1n) is 10.2.